The summed E-state index contributed by atoms with van der Waals surface area (Å²) in [7, 11) is -2.85. The van der Waals surface area contributed by atoms with Gasteiger partial charge in [0.05, 0.1) is 21.4 Å². The molecule has 0 bridgehead atoms. The molecule has 1 aromatic carbocycles. The highest BCUT2D eigenvalue weighted by atomic mass is 32.2. The fourth-order valence-corrected chi connectivity index (χ4v) is 5.85. The summed E-state index contributed by atoms with van der Waals surface area (Å²) in [5, 5.41) is 1.20. The Morgan fingerprint density at radius 3 is 2.42 bits per heavy atom. The quantitative estimate of drug-likeness (QED) is 0.803. The van der Waals surface area contributed by atoms with E-state index in [9.17, 15) is 8.42 Å². The second kappa shape index (κ2) is 6.94. The smallest absolute Gasteiger partial charge is 0.153 e. The number of anilines is 1. The third kappa shape index (κ3) is 3.66. The summed E-state index contributed by atoms with van der Waals surface area (Å²) in [6.45, 7) is 5.06. The molecule has 0 aliphatic carbocycles. The topological polar surface area (TPSA) is 59.5 Å². The van der Waals surface area contributed by atoms with Crippen molar-refractivity contribution >= 4 is 26.9 Å². The van der Waals surface area contributed by atoms with Crippen LogP contribution in [0.3, 0.4) is 0 Å². The molecule has 0 spiro atoms. The van der Waals surface area contributed by atoms with E-state index in [0.717, 1.165) is 37.3 Å². The summed E-state index contributed by atoms with van der Waals surface area (Å²) in [5.41, 5.74) is 2.38. The van der Waals surface area contributed by atoms with Crippen molar-refractivity contribution in [2.24, 2.45) is 0 Å². The van der Waals surface area contributed by atoms with Gasteiger partial charge in [-0.05, 0) is 30.5 Å². The zero-order chi connectivity index (χ0) is 18.2. The van der Waals surface area contributed by atoms with Crippen molar-refractivity contribution in [3.63, 3.8) is 0 Å². The summed E-state index contributed by atoms with van der Waals surface area (Å²) in [6, 6.07) is 8.40. The van der Waals surface area contributed by atoms with Crippen molar-refractivity contribution in [3.05, 3.63) is 35.5 Å². The largest absolute Gasteiger partial charge is 0.381 e. The van der Waals surface area contributed by atoms with Crippen LogP contribution in [0, 0.1) is 0 Å². The number of hydrogen-bond donors (Lipinski definition) is 0. The minimum atomic E-state index is -2.85. The molecule has 0 N–H and O–H groups in total. The Hall–Kier alpha value is -1.44. The van der Waals surface area contributed by atoms with Gasteiger partial charge >= 0.3 is 0 Å². The number of nitrogens with zero attached hydrogens (tertiary/aromatic N) is 2. The zero-order valence-corrected chi connectivity index (χ0v) is 16.6. The van der Waals surface area contributed by atoms with Gasteiger partial charge in [0.15, 0.2) is 9.84 Å². The molecule has 140 valence electrons. The van der Waals surface area contributed by atoms with E-state index in [1.54, 1.807) is 11.3 Å². The monoisotopic (exact) mass is 392 g/mol. The van der Waals surface area contributed by atoms with Crippen molar-refractivity contribution in [2.75, 3.05) is 42.7 Å². The van der Waals surface area contributed by atoms with Crippen LogP contribution in [0.4, 0.5) is 5.69 Å². The van der Waals surface area contributed by atoms with Gasteiger partial charge in [-0.3, -0.25) is 0 Å². The van der Waals surface area contributed by atoms with Gasteiger partial charge in [-0.2, -0.15) is 0 Å². The summed E-state index contributed by atoms with van der Waals surface area (Å²) in [4.78, 5) is 8.03. The lowest BCUT2D eigenvalue weighted by molar-refractivity contribution is 0.0563. The Labute approximate surface area is 158 Å². The summed E-state index contributed by atoms with van der Waals surface area (Å²) < 4.78 is 28.7. The van der Waals surface area contributed by atoms with Crippen LogP contribution in [0.5, 0.6) is 0 Å². The van der Waals surface area contributed by atoms with E-state index in [1.165, 1.54) is 9.88 Å². The highest BCUT2D eigenvalue weighted by molar-refractivity contribution is 7.91. The van der Waals surface area contributed by atoms with Crippen molar-refractivity contribution in [2.45, 2.75) is 25.2 Å². The molecule has 0 amide bonds. The number of ether oxygens (including phenoxy) is 1. The van der Waals surface area contributed by atoms with E-state index < -0.39 is 9.84 Å². The van der Waals surface area contributed by atoms with Gasteiger partial charge in [0.25, 0.3) is 0 Å². The Bertz CT molecular complexity index is 854. The predicted octanol–water partition coefficient (Wildman–Crippen LogP) is 3.11. The summed E-state index contributed by atoms with van der Waals surface area (Å²) in [5.74, 6) is 0.491. The summed E-state index contributed by atoms with van der Waals surface area (Å²) >= 11 is 1.77. The third-order valence-corrected chi connectivity index (χ3v) is 8.44. The first kappa shape index (κ1) is 17.9. The normalized spacial score (nSPS) is 22.3. The predicted molar refractivity (Wildman–Crippen MR) is 106 cm³/mol. The van der Waals surface area contributed by atoms with Gasteiger partial charge in [-0.25, -0.2) is 13.4 Å². The molecular formula is C19H24N2O3S2. The second-order valence-corrected chi connectivity index (χ2v) is 10.7. The standard InChI is InChI=1S/C19H24N2O3S2/c1-19(6-10-24-11-7-19)18-20-14-17(25-18)15-2-4-16(5-3-15)21-8-12-26(22,23)13-9-21/h2-5,14H,6-13H2,1H3. The van der Waals surface area contributed by atoms with Crippen molar-refractivity contribution in [3.8, 4) is 10.4 Å². The Balaban J connectivity index is 1.49. The first-order valence-electron chi connectivity index (χ1n) is 9.05. The minimum absolute atomic E-state index is 0.125. The van der Waals surface area contributed by atoms with E-state index in [-0.39, 0.29) is 16.9 Å². The SMILES string of the molecule is CC1(c2ncc(-c3ccc(N4CCS(=O)(=O)CC4)cc3)s2)CCOCC1. The molecule has 1 aromatic heterocycles. The average molecular weight is 393 g/mol. The molecule has 0 atom stereocenters. The lowest BCUT2D eigenvalue weighted by atomic mass is 9.83. The molecular weight excluding hydrogens is 368 g/mol. The number of aromatic nitrogens is 1. The Morgan fingerprint density at radius 2 is 1.77 bits per heavy atom. The van der Waals surface area contributed by atoms with Crippen LogP contribution in [0.25, 0.3) is 10.4 Å². The van der Waals surface area contributed by atoms with Gasteiger partial charge in [0.1, 0.15) is 0 Å². The van der Waals surface area contributed by atoms with E-state index in [2.05, 4.69) is 36.1 Å². The molecule has 4 rings (SSSR count). The molecule has 2 saturated heterocycles. The van der Waals surface area contributed by atoms with Gasteiger partial charge in [0, 0.05) is 43.6 Å². The van der Waals surface area contributed by atoms with Crippen LogP contribution in [-0.2, 0) is 20.0 Å². The molecule has 5 nitrogen and oxygen atoms in total. The van der Waals surface area contributed by atoms with E-state index >= 15 is 0 Å². The first-order valence-corrected chi connectivity index (χ1v) is 11.7. The number of benzene rings is 1. The average Bonchev–Trinajstić information content (AvgIpc) is 3.14. The van der Waals surface area contributed by atoms with Gasteiger partial charge in [0.2, 0.25) is 0 Å². The minimum Gasteiger partial charge on any atom is -0.381 e. The highest BCUT2D eigenvalue weighted by Gasteiger charge is 2.32. The molecule has 2 aromatic rings. The second-order valence-electron chi connectivity index (χ2n) is 7.39. The third-order valence-electron chi connectivity index (χ3n) is 5.48. The molecule has 0 radical (unpaired) electrons. The lowest BCUT2D eigenvalue weighted by Crippen LogP contribution is -2.40. The van der Waals surface area contributed by atoms with E-state index in [0.29, 0.717) is 13.1 Å². The first-order chi connectivity index (χ1) is 12.5. The highest BCUT2D eigenvalue weighted by Crippen LogP contribution is 2.39. The van der Waals surface area contributed by atoms with E-state index in [1.807, 2.05) is 6.20 Å². The molecule has 7 heteroatoms. The van der Waals surface area contributed by atoms with Crippen molar-refractivity contribution < 1.29 is 13.2 Å². The van der Waals surface area contributed by atoms with Gasteiger partial charge in [-0.15, -0.1) is 11.3 Å². The fourth-order valence-electron chi connectivity index (χ4n) is 3.53. The van der Waals surface area contributed by atoms with Crippen molar-refractivity contribution in [1.29, 1.82) is 0 Å². The maximum atomic E-state index is 11.6. The number of rotatable bonds is 3. The van der Waals surface area contributed by atoms with Crippen molar-refractivity contribution in [1.82, 2.24) is 4.98 Å². The molecule has 3 heterocycles. The van der Waals surface area contributed by atoms with Crippen LogP contribution >= 0.6 is 11.3 Å². The molecule has 26 heavy (non-hydrogen) atoms. The Morgan fingerprint density at radius 1 is 1.12 bits per heavy atom. The van der Waals surface area contributed by atoms with E-state index in [4.69, 9.17) is 9.72 Å². The number of sulfone groups is 1. The van der Waals surface area contributed by atoms with Crippen LogP contribution in [-0.4, -0.2) is 51.2 Å². The van der Waals surface area contributed by atoms with Crippen LogP contribution in [0.1, 0.15) is 24.8 Å². The molecule has 2 aliphatic heterocycles. The Kier molecular flexibility index (Phi) is 4.79. The fraction of sp³-hybridized carbons (Fsp3) is 0.526. The maximum Gasteiger partial charge on any atom is 0.153 e. The number of hydrogen-bond acceptors (Lipinski definition) is 6. The van der Waals surface area contributed by atoms with Crippen LogP contribution in [0.2, 0.25) is 0 Å². The molecule has 0 unspecified atom stereocenters. The van der Waals surface area contributed by atoms with Gasteiger partial charge in [-0.1, -0.05) is 19.1 Å². The zero-order valence-electron chi connectivity index (χ0n) is 15.0. The molecule has 2 fully saturated rings. The van der Waals surface area contributed by atoms with Gasteiger partial charge < -0.3 is 9.64 Å². The number of thiazole rings is 1. The molecule has 0 saturated carbocycles. The maximum absolute atomic E-state index is 11.6. The van der Waals surface area contributed by atoms with Crippen LogP contribution < -0.4 is 4.90 Å². The summed E-state index contributed by atoms with van der Waals surface area (Å²) in [6.07, 6.45) is 4.02. The lowest BCUT2D eigenvalue weighted by Gasteiger charge is -2.31. The molecule has 2 aliphatic rings. The van der Waals surface area contributed by atoms with Crippen LogP contribution in [0.15, 0.2) is 30.5 Å².